The highest BCUT2D eigenvalue weighted by atomic mass is 16.5. The quantitative estimate of drug-likeness (QED) is 0.0324. The summed E-state index contributed by atoms with van der Waals surface area (Å²) in [6.07, 6.45) is 54.6. The molecular formula is C51H97NO5. The van der Waals surface area contributed by atoms with Crippen LogP contribution in [0.4, 0.5) is 0 Å². The molecule has 0 aromatic heterocycles. The molecular weight excluding hydrogens is 707 g/mol. The molecule has 0 radical (unpaired) electrons. The van der Waals surface area contributed by atoms with E-state index in [9.17, 15) is 19.8 Å². The van der Waals surface area contributed by atoms with E-state index in [0.29, 0.717) is 19.4 Å². The van der Waals surface area contributed by atoms with E-state index in [0.717, 1.165) is 77.0 Å². The van der Waals surface area contributed by atoms with E-state index < -0.39 is 12.1 Å². The van der Waals surface area contributed by atoms with Crippen LogP contribution in [0.25, 0.3) is 0 Å². The summed E-state index contributed by atoms with van der Waals surface area (Å²) in [5.41, 5.74) is 0. The highest BCUT2D eigenvalue weighted by Crippen LogP contribution is 2.15. The number of aliphatic hydroxyl groups is 2. The molecule has 0 aliphatic heterocycles. The maximum absolute atomic E-state index is 12.4. The minimum Gasteiger partial charge on any atom is -0.466 e. The first-order valence-electron chi connectivity index (χ1n) is 25.1. The molecule has 0 bridgehead atoms. The normalized spacial score (nSPS) is 12.8. The van der Waals surface area contributed by atoms with Crippen molar-refractivity contribution in [1.82, 2.24) is 5.32 Å². The fourth-order valence-corrected chi connectivity index (χ4v) is 7.57. The van der Waals surface area contributed by atoms with Gasteiger partial charge in [-0.2, -0.15) is 0 Å². The first-order valence-corrected chi connectivity index (χ1v) is 25.1. The highest BCUT2D eigenvalue weighted by molar-refractivity contribution is 5.76. The summed E-state index contributed by atoms with van der Waals surface area (Å²) in [5, 5.41) is 23.0. The Morgan fingerprint density at radius 3 is 1.25 bits per heavy atom. The lowest BCUT2D eigenvalue weighted by atomic mass is 10.0. The zero-order valence-corrected chi connectivity index (χ0v) is 38.1. The lowest BCUT2D eigenvalue weighted by molar-refractivity contribution is -0.143. The molecule has 0 heterocycles. The zero-order chi connectivity index (χ0) is 41.5. The van der Waals surface area contributed by atoms with Gasteiger partial charge in [-0.3, -0.25) is 9.59 Å². The molecule has 0 aliphatic rings. The van der Waals surface area contributed by atoms with Crippen LogP contribution in [0.15, 0.2) is 24.3 Å². The summed E-state index contributed by atoms with van der Waals surface area (Å²) in [7, 11) is 0. The molecule has 0 aromatic rings. The summed E-state index contributed by atoms with van der Waals surface area (Å²) >= 11 is 0. The Hall–Kier alpha value is -1.66. The number of nitrogens with one attached hydrogen (secondary N) is 1. The summed E-state index contributed by atoms with van der Waals surface area (Å²) in [5.74, 6) is -0.116. The zero-order valence-electron chi connectivity index (χ0n) is 38.1. The molecule has 0 aromatic carbocycles. The van der Waals surface area contributed by atoms with E-state index in [4.69, 9.17) is 4.74 Å². The van der Waals surface area contributed by atoms with Crippen LogP contribution in [-0.2, 0) is 14.3 Å². The van der Waals surface area contributed by atoms with Gasteiger partial charge in [-0.05, 0) is 64.2 Å². The van der Waals surface area contributed by atoms with Crippen LogP contribution >= 0.6 is 0 Å². The summed E-state index contributed by atoms with van der Waals surface area (Å²) in [4.78, 5) is 24.4. The third-order valence-corrected chi connectivity index (χ3v) is 11.5. The van der Waals surface area contributed by atoms with Crippen LogP contribution in [0, 0.1) is 0 Å². The first kappa shape index (κ1) is 55.3. The topological polar surface area (TPSA) is 95.9 Å². The number of carbonyl (C=O) groups is 2. The smallest absolute Gasteiger partial charge is 0.305 e. The number of amides is 1. The van der Waals surface area contributed by atoms with Crippen molar-refractivity contribution in [1.29, 1.82) is 0 Å². The van der Waals surface area contributed by atoms with Gasteiger partial charge in [-0.1, -0.05) is 212 Å². The number of allylic oxidation sites excluding steroid dienone is 3. The van der Waals surface area contributed by atoms with E-state index in [1.165, 1.54) is 161 Å². The van der Waals surface area contributed by atoms with Crippen LogP contribution in [0.1, 0.15) is 264 Å². The maximum Gasteiger partial charge on any atom is 0.305 e. The van der Waals surface area contributed by atoms with Gasteiger partial charge in [0.15, 0.2) is 0 Å². The van der Waals surface area contributed by atoms with Gasteiger partial charge in [0.2, 0.25) is 5.91 Å². The standard InChI is InChI=1S/C51H97NO5/c1-3-5-7-9-11-13-15-17-18-19-20-25-29-33-37-41-45-51(56)57-46-42-38-34-30-26-22-21-24-28-32-36-40-44-50(55)52-48(47-53)49(54)43-39-35-31-27-23-16-14-12-10-8-6-4-2/h22,26,39,43,48-49,53-54H,3-21,23-25,27-38,40-42,44-47H2,1-2H3,(H,52,55)/b26-22-,43-39+. The predicted octanol–water partition coefficient (Wildman–Crippen LogP) is 14.7. The Kier molecular flexibility index (Phi) is 45.7. The number of rotatable bonds is 46. The second-order valence-electron chi connectivity index (χ2n) is 17.1. The lowest BCUT2D eigenvalue weighted by Gasteiger charge is -2.20. The van der Waals surface area contributed by atoms with Gasteiger partial charge in [-0.15, -0.1) is 0 Å². The van der Waals surface area contributed by atoms with Crippen molar-refractivity contribution in [2.24, 2.45) is 0 Å². The number of esters is 1. The van der Waals surface area contributed by atoms with Crippen molar-refractivity contribution in [2.75, 3.05) is 13.2 Å². The van der Waals surface area contributed by atoms with Crippen LogP contribution in [0.3, 0.4) is 0 Å². The molecule has 1 amide bonds. The maximum atomic E-state index is 12.4. The number of aliphatic hydroxyl groups excluding tert-OH is 2. The summed E-state index contributed by atoms with van der Waals surface area (Å²) in [6, 6.07) is -0.644. The minimum atomic E-state index is -0.858. The molecule has 2 unspecified atom stereocenters. The second-order valence-corrected chi connectivity index (χ2v) is 17.1. The SMILES string of the molecule is CCCCCCCCCCCC/C=C/C(O)C(CO)NC(=O)CCCCCCC/C=C\CCCCCOC(=O)CCCCCCCCCCCCCCCCCC. The molecule has 0 saturated heterocycles. The average Bonchev–Trinajstić information content (AvgIpc) is 3.21. The monoisotopic (exact) mass is 804 g/mol. The van der Waals surface area contributed by atoms with E-state index in [2.05, 4.69) is 31.3 Å². The molecule has 6 nitrogen and oxygen atoms in total. The third kappa shape index (κ3) is 43.7. The molecule has 57 heavy (non-hydrogen) atoms. The molecule has 336 valence electrons. The molecule has 0 rings (SSSR count). The largest absolute Gasteiger partial charge is 0.466 e. The average molecular weight is 804 g/mol. The van der Waals surface area contributed by atoms with E-state index in [1.54, 1.807) is 6.08 Å². The molecule has 0 aliphatic carbocycles. The van der Waals surface area contributed by atoms with Crippen LogP contribution in [0.2, 0.25) is 0 Å². The Balaban J connectivity index is 3.51. The highest BCUT2D eigenvalue weighted by Gasteiger charge is 2.18. The molecule has 3 N–H and O–H groups in total. The molecule has 2 atom stereocenters. The number of unbranched alkanes of at least 4 members (excludes halogenated alkanes) is 33. The van der Waals surface area contributed by atoms with Gasteiger partial charge >= 0.3 is 5.97 Å². The molecule has 0 saturated carbocycles. The predicted molar refractivity (Wildman–Crippen MR) is 246 cm³/mol. The molecule has 0 fully saturated rings. The fraction of sp³-hybridized carbons (Fsp3) is 0.882. The fourth-order valence-electron chi connectivity index (χ4n) is 7.57. The van der Waals surface area contributed by atoms with Crippen molar-refractivity contribution in [3.05, 3.63) is 24.3 Å². The number of ether oxygens (including phenoxy) is 1. The Morgan fingerprint density at radius 2 is 0.825 bits per heavy atom. The van der Waals surface area contributed by atoms with E-state index in [-0.39, 0.29) is 18.5 Å². The minimum absolute atomic E-state index is 0.0215. The Bertz CT molecular complexity index is 889. The third-order valence-electron chi connectivity index (χ3n) is 11.5. The molecule has 0 spiro atoms. The first-order chi connectivity index (χ1) is 28.0. The van der Waals surface area contributed by atoms with Crippen molar-refractivity contribution in [3.8, 4) is 0 Å². The lowest BCUT2D eigenvalue weighted by Crippen LogP contribution is -2.45. The second kappa shape index (κ2) is 47.0. The number of hydrogen-bond acceptors (Lipinski definition) is 5. The number of carbonyl (C=O) groups excluding carboxylic acids is 2. The van der Waals surface area contributed by atoms with Crippen LogP contribution in [-0.4, -0.2) is 47.4 Å². The van der Waals surface area contributed by atoms with Gasteiger partial charge in [0.25, 0.3) is 0 Å². The van der Waals surface area contributed by atoms with Gasteiger partial charge in [0, 0.05) is 12.8 Å². The van der Waals surface area contributed by atoms with Crippen molar-refractivity contribution >= 4 is 11.9 Å². The van der Waals surface area contributed by atoms with E-state index >= 15 is 0 Å². The Morgan fingerprint density at radius 1 is 0.474 bits per heavy atom. The summed E-state index contributed by atoms with van der Waals surface area (Å²) in [6.45, 7) is 4.83. The van der Waals surface area contributed by atoms with Crippen molar-refractivity contribution in [3.63, 3.8) is 0 Å². The number of hydrogen-bond donors (Lipinski definition) is 3. The van der Waals surface area contributed by atoms with Crippen LogP contribution < -0.4 is 5.32 Å². The van der Waals surface area contributed by atoms with Gasteiger partial charge < -0.3 is 20.3 Å². The van der Waals surface area contributed by atoms with Crippen LogP contribution in [0.5, 0.6) is 0 Å². The van der Waals surface area contributed by atoms with Gasteiger partial charge in [0.1, 0.15) is 0 Å². The van der Waals surface area contributed by atoms with E-state index in [1.807, 2.05) is 6.08 Å². The summed E-state index contributed by atoms with van der Waals surface area (Å²) < 4.78 is 5.45. The van der Waals surface area contributed by atoms with Gasteiger partial charge in [0.05, 0.1) is 25.4 Å². The van der Waals surface area contributed by atoms with Crippen molar-refractivity contribution < 1.29 is 24.5 Å². The van der Waals surface area contributed by atoms with Crippen molar-refractivity contribution in [2.45, 2.75) is 276 Å². The molecule has 6 heteroatoms. The Labute approximate surface area is 354 Å². The van der Waals surface area contributed by atoms with Gasteiger partial charge in [-0.25, -0.2) is 0 Å².